The van der Waals surface area contributed by atoms with Gasteiger partial charge in [-0.3, -0.25) is 4.99 Å². The van der Waals surface area contributed by atoms with Crippen LogP contribution in [0.4, 0.5) is 8.78 Å². The van der Waals surface area contributed by atoms with Crippen LogP contribution in [0.1, 0.15) is 45.2 Å². The van der Waals surface area contributed by atoms with Crippen molar-refractivity contribution in [3.8, 4) is 0 Å². The van der Waals surface area contributed by atoms with Crippen molar-refractivity contribution in [2.45, 2.75) is 51.8 Å². The second kappa shape index (κ2) is 6.90. The number of rotatable bonds is 3. The molecule has 25 heavy (non-hydrogen) atoms. The van der Waals surface area contributed by atoms with E-state index in [2.05, 4.69) is 29.5 Å². The molecule has 1 aromatic carbocycles. The van der Waals surface area contributed by atoms with Gasteiger partial charge in [0, 0.05) is 31.0 Å². The van der Waals surface area contributed by atoms with Crippen molar-refractivity contribution in [1.29, 1.82) is 0 Å². The standard InChI is InChI=1S/C19H27F2N3O/c1-11(12-7-8-14(20)15(21)10-12)23-18(22-4)24-16-13-6-5-9-25-17(13)19(16,2)3/h7-8,10-11,13,16-17H,5-6,9H2,1-4H3,(H2,22,23,24). The number of halogens is 2. The fourth-order valence-corrected chi connectivity index (χ4v) is 4.20. The van der Waals surface area contributed by atoms with Crippen LogP contribution in [0, 0.1) is 23.0 Å². The lowest BCUT2D eigenvalue weighted by molar-refractivity contribution is -0.188. The summed E-state index contributed by atoms with van der Waals surface area (Å²) in [6.07, 6.45) is 2.54. The summed E-state index contributed by atoms with van der Waals surface area (Å²) in [6, 6.07) is 4.04. The van der Waals surface area contributed by atoms with Crippen LogP contribution >= 0.6 is 0 Å². The van der Waals surface area contributed by atoms with E-state index in [9.17, 15) is 8.78 Å². The van der Waals surface area contributed by atoms with Crippen LogP contribution in [0.3, 0.4) is 0 Å². The van der Waals surface area contributed by atoms with Gasteiger partial charge in [0.25, 0.3) is 0 Å². The van der Waals surface area contributed by atoms with Crippen molar-refractivity contribution in [1.82, 2.24) is 10.6 Å². The van der Waals surface area contributed by atoms with E-state index in [4.69, 9.17) is 4.74 Å². The van der Waals surface area contributed by atoms with E-state index in [-0.39, 0.29) is 17.5 Å². The molecule has 2 fully saturated rings. The molecule has 4 nitrogen and oxygen atoms in total. The highest BCUT2D eigenvalue weighted by Gasteiger charge is 2.58. The molecular weight excluding hydrogens is 324 g/mol. The van der Waals surface area contributed by atoms with Gasteiger partial charge < -0.3 is 15.4 Å². The van der Waals surface area contributed by atoms with E-state index in [0.29, 0.717) is 23.5 Å². The van der Waals surface area contributed by atoms with Crippen LogP contribution in [0.5, 0.6) is 0 Å². The van der Waals surface area contributed by atoms with Gasteiger partial charge in [0.2, 0.25) is 0 Å². The fourth-order valence-electron chi connectivity index (χ4n) is 4.20. The molecule has 4 atom stereocenters. The summed E-state index contributed by atoms with van der Waals surface area (Å²) < 4.78 is 32.5. The average molecular weight is 351 g/mol. The second-order valence-corrected chi connectivity index (χ2v) is 7.65. The Balaban J connectivity index is 1.66. The third-order valence-corrected chi connectivity index (χ3v) is 5.64. The number of guanidine groups is 1. The normalized spacial score (nSPS) is 29.4. The first-order chi connectivity index (χ1) is 11.8. The highest BCUT2D eigenvalue weighted by molar-refractivity contribution is 5.80. The molecule has 0 radical (unpaired) electrons. The molecule has 138 valence electrons. The van der Waals surface area contributed by atoms with Gasteiger partial charge in [-0.1, -0.05) is 19.9 Å². The summed E-state index contributed by atoms with van der Waals surface area (Å²) in [7, 11) is 1.72. The third kappa shape index (κ3) is 3.36. The van der Waals surface area contributed by atoms with Gasteiger partial charge in [0.15, 0.2) is 17.6 Å². The van der Waals surface area contributed by atoms with E-state index in [1.54, 1.807) is 13.1 Å². The Kier molecular flexibility index (Phi) is 5.00. The van der Waals surface area contributed by atoms with Gasteiger partial charge in [-0.15, -0.1) is 0 Å². The second-order valence-electron chi connectivity index (χ2n) is 7.65. The van der Waals surface area contributed by atoms with E-state index < -0.39 is 11.6 Å². The van der Waals surface area contributed by atoms with Crippen LogP contribution in [-0.4, -0.2) is 31.8 Å². The molecule has 6 heteroatoms. The molecule has 1 aliphatic carbocycles. The first-order valence-corrected chi connectivity index (χ1v) is 8.91. The summed E-state index contributed by atoms with van der Waals surface area (Å²) in [5.74, 6) is -0.519. The zero-order chi connectivity index (χ0) is 18.2. The zero-order valence-corrected chi connectivity index (χ0v) is 15.3. The quantitative estimate of drug-likeness (QED) is 0.648. The highest BCUT2D eigenvalue weighted by atomic mass is 19.2. The van der Waals surface area contributed by atoms with Crippen LogP contribution in [0.2, 0.25) is 0 Å². The molecule has 0 spiro atoms. The van der Waals surface area contributed by atoms with Gasteiger partial charge in [-0.25, -0.2) is 8.78 Å². The predicted molar refractivity (Wildman–Crippen MR) is 94.4 cm³/mol. The minimum absolute atomic E-state index is 0.0356. The topological polar surface area (TPSA) is 45.7 Å². The van der Waals surface area contributed by atoms with Crippen molar-refractivity contribution in [3.05, 3.63) is 35.4 Å². The number of ether oxygens (including phenoxy) is 1. The summed E-state index contributed by atoms with van der Waals surface area (Å²) in [5.41, 5.74) is 0.710. The van der Waals surface area contributed by atoms with E-state index in [0.717, 1.165) is 25.5 Å². The molecule has 0 amide bonds. The molecule has 3 rings (SSSR count). The zero-order valence-electron chi connectivity index (χ0n) is 15.3. The number of nitrogens with zero attached hydrogens (tertiary/aromatic N) is 1. The summed E-state index contributed by atoms with van der Waals surface area (Å²) >= 11 is 0. The number of nitrogens with one attached hydrogen (secondary N) is 2. The molecule has 2 aliphatic rings. The van der Waals surface area contributed by atoms with Gasteiger partial charge in [-0.05, 0) is 37.5 Å². The number of aliphatic imine (C=N–C) groups is 1. The van der Waals surface area contributed by atoms with Crippen molar-refractivity contribution in [2.24, 2.45) is 16.3 Å². The molecule has 1 heterocycles. The van der Waals surface area contributed by atoms with E-state index in [1.807, 2.05) is 6.92 Å². The maximum atomic E-state index is 13.5. The van der Waals surface area contributed by atoms with Gasteiger partial charge in [0.05, 0.1) is 12.1 Å². The maximum Gasteiger partial charge on any atom is 0.191 e. The highest BCUT2D eigenvalue weighted by Crippen LogP contribution is 2.51. The van der Waals surface area contributed by atoms with Crippen molar-refractivity contribution in [3.63, 3.8) is 0 Å². The Hall–Kier alpha value is -1.69. The number of benzene rings is 1. The molecular formula is C19H27F2N3O. The van der Waals surface area contributed by atoms with Crippen LogP contribution < -0.4 is 10.6 Å². The molecule has 1 aliphatic heterocycles. The first-order valence-electron chi connectivity index (χ1n) is 8.91. The monoisotopic (exact) mass is 351 g/mol. The SMILES string of the molecule is CN=C(NC(C)c1ccc(F)c(F)c1)NC1C2CCCOC2C1(C)C. The fraction of sp³-hybridized carbons (Fsp3) is 0.632. The average Bonchev–Trinajstić information content (AvgIpc) is 2.60. The smallest absolute Gasteiger partial charge is 0.191 e. The summed E-state index contributed by atoms with van der Waals surface area (Å²) in [6.45, 7) is 7.17. The van der Waals surface area contributed by atoms with Crippen molar-refractivity contribution >= 4 is 5.96 Å². The van der Waals surface area contributed by atoms with E-state index >= 15 is 0 Å². The number of hydrogen-bond donors (Lipinski definition) is 2. The van der Waals surface area contributed by atoms with Crippen molar-refractivity contribution in [2.75, 3.05) is 13.7 Å². The lowest BCUT2D eigenvalue weighted by Gasteiger charge is -2.60. The maximum absolute atomic E-state index is 13.5. The molecule has 1 aromatic rings. The Morgan fingerprint density at radius 3 is 2.76 bits per heavy atom. The minimum Gasteiger partial charge on any atom is -0.377 e. The van der Waals surface area contributed by atoms with Crippen LogP contribution in [0.25, 0.3) is 0 Å². The summed E-state index contributed by atoms with van der Waals surface area (Å²) in [5, 5.41) is 6.78. The largest absolute Gasteiger partial charge is 0.377 e. The number of fused-ring (bicyclic) bond motifs is 1. The third-order valence-electron chi connectivity index (χ3n) is 5.64. The first kappa shape index (κ1) is 18.1. The molecule has 1 saturated heterocycles. The lowest BCUT2D eigenvalue weighted by atomic mass is 9.55. The summed E-state index contributed by atoms with van der Waals surface area (Å²) in [4.78, 5) is 4.30. The Bertz CT molecular complexity index is 662. The Morgan fingerprint density at radius 1 is 1.32 bits per heavy atom. The Labute approximate surface area is 148 Å². The van der Waals surface area contributed by atoms with Gasteiger partial charge >= 0.3 is 0 Å². The molecule has 4 unspecified atom stereocenters. The van der Waals surface area contributed by atoms with Crippen LogP contribution in [-0.2, 0) is 4.74 Å². The minimum atomic E-state index is -0.837. The lowest BCUT2D eigenvalue weighted by Crippen LogP contribution is -2.71. The molecule has 2 N–H and O–H groups in total. The predicted octanol–water partition coefficient (Wildman–Crippen LogP) is 3.39. The molecule has 1 saturated carbocycles. The molecule has 0 bridgehead atoms. The number of hydrogen-bond acceptors (Lipinski definition) is 2. The molecule has 0 aromatic heterocycles. The van der Waals surface area contributed by atoms with Gasteiger partial charge in [-0.2, -0.15) is 0 Å². The van der Waals surface area contributed by atoms with Crippen molar-refractivity contribution < 1.29 is 13.5 Å². The van der Waals surface area contributed by atoms with E-state index in [1.165, 1.54) is 6.07 Å². The van der Waals surface area contributed by atoms with Gasteiger partial charge in [0.1, 0.15) is 0 Å². The van der Waals surface area contributed by atoms with Crippen LogP contribution in [0.15, 0.2) is 23.2 Å². The Morgan fingerprint density at radius 2 is 2.08 bits per heavy atom.